The van der Waals surface area contributed by atoms with E-state index in [-0.39, 0.29) is 6.04 Å². The number of thioether (sulfide) groups is 1. The Balaban J connectivity index is 3.50. The minimum atomic E-state index is -0.767. The average Bonchev–Trinajstić information content (AvgIpc) is 1.89. The Bertz CT molecular complexity index is 108. The Labute approximate surface area is 65.2 Å². The van der Waals surface area contributed by atoms with Gasteiger partial charge in [-0.25, -0.2) is 0 Å². The van der Waals surface area contributed by atoms with Crippen LogP contribution >= 0.6 is 11.8 Å². The number of hydrogen-bond acceptors (Lipinski definition) is 3. The first-order valence-corrected chi connectivity index (χ1v) is 4.50. The largest absolute Gasteiger partial charge is 0.480 e. The van der Waals surface area contributed by atoms with E-state index in [2.05, 4.69) is 5.32 Å². The predicted octanol–water partition coefficient (Wildman–Crippen LogP) is 0.412. The number of carbonyl (C=O) groups is 1. The minimum absolute atomic E-state index is 0.382. The molecule has 0 rings (SSSR count). The molecule has 1 atom stereocenters. The van der Waals surface area contributed by atoms with Crippen LogP contribution in [0.4, 0.5) is 0 Å². The molecule has 4 heteroatoms. The first kappa shape index (κ1) is 9.78. The molecule has 0 aromatic carbocycles. The normalized spacial score (nSPS) is 13.0. The van der Waals surface area contributed by atoms with E-state index in [1.807, 2.05) is 6.26 Å². The SMILES string of the molecule is CN[11C@@H](CCSC)C(=O)O. The lowest BCUT2D eigenvalue weighted by molar-refractivity contribution is -0.139. The van der Waals surface area contributed by atoms with Crippen molar-refractivity contribution in [2.75, 3.05) is 19.1 Å². The van der Waals surface area contributed by atoms with Crippen molar-refractivity contribution in [3.63, 3.8) is 0 Å². The summed E-state index contributed by atoms with van der Waals surface area (Å²) in [5.74, 6) is 0.120. The summed E-state index contributed by atoms with van der Waals surface area (Å²) in [6, 6.07) is -0.382. The molecule has 0 heterocycles. The molecule has 0 fully saturated rings. The van der Waals surface area contributed by atoms with Crippen molar-refractivity contribution in [3.05, 3.63) is 0 Å². The van der Waals surface area contributed by atoms with Gasteiger partial charge in [-0.05, 0) is 25.5 Å². The quantitative estimate of drug-likeness (QED) is 0.615. The van der Waals surface area contributed by atoms with Gasteiger partial charge >= 0.3 is 5.97 Å². The first-order valence-electron chi connectivity index (χ1n) is 3.11. The van der Waals surface area contributed by atoms with Crippen LogP contribution in [-0.4, -0.2) is 36.2 Å². The molecule has 0 amide bonds. The maximum Gasteiger partial charge on any atom is 0.320 e. The fraction of sp³-hybridized carbons (Fsp3) is 0.833. The van der Waals surface area contributed by atoms with Crippen LogP contribution in [0.5, 0.6) is 0 Å². The van der Waals surface area contributed by atoms with E-state index < -0.39 is 5.97 Å². The summed E-state index contributed by atoms with van der Waals surface area (Å²) in [5, 5.41) is 11.3. The maximum atomic E-state index is 10.4. The van der Waals surface area contributed by atoms with Crippen LogP contribution in [0.15, 0.2) is 0 Å². The summed E-state index contributed by atoms with van der Waals surface area (Å²) in [6.07, 6.45) is 2.65. The molecule has 0 unspecified atom stereocenters. The highest BCUT2D eigenvalue weighted by Gasteiger charge is 2.12. The molecule has 0 aliphatic carbocycles. The van der Waals surface area contributed by atoms with Gasteiger partial charge in [0.05, 0.1) is 0 Å². The van der Waals surface area contributed by atoms with Crippen LogP contribution in [-0.2, 0) is 4.79 Å². The van der Waals surface area contributed by atoms with Crippen LogP contribution in [0.25, 0.3) is 0 Å². The van der Waals surface area contributed by atoms with Gasteiger partial charge in [0.1, 0.15) is 6.04 Å². The lowest BCUT2D eigenvalue weighted by Crippen LogP contribution is -2.34. The van der Waals surface area contributed by atoms with Crippen LogP contribution in [0.2, 0.25) is 0 Å². The molecule has 0 radical (unpaired) electrons. The van der Waals surface area contributed by atoms with Crippen molar-refractivity contribution in [2.45, 2.75) is 12.5 Å². The van der Waals surface area contributed by atoms with Crippen LogP contribution in [0.1, 0.15) is 6.42 Å². The number of aliphatic carboxylic acids is 1. The smallest absolute Gasteiger partial charge is 0.320 e. The highest BCUT2D eigenvalue weighted by atomic mass is 32.2. The number of carboxylic acids is 1. The molecule has 2 N–H and O–H groups in total. The van der Waals surface area contributed by atoms with E-state index in [9.17, 15) is 4.79 Å². The summed E-state index contributed by atoms with van der Waals surface area (Å²) >= 11 is 1.66. The summed E-state index contributed by atoms with van der Waals surface area (Å²) in [4.78, 5) is 10.4. The molecule has 10 heavy (non-hydrogen) atoms. The van der Waals surface area contributed by atoms with Crippen molar-refractivity contribution < 1.29 is 9.90 Å². The summed E-state index contributed by atoms with van der Waals surface area (Å²) in [7, 11) is 1.67. The Kier molecular flexibility index (Phi) is 5.43. The number of nitrogens with one attached hydrogen (secondary N) is 1. The summed E-state index contributed by atoms with van der Waals surface area (Å²) in [6.45, 7) is 0. The van der Waals surface area contributed by atoms with Gasteiger partial charge in [-0.15, -0.1) is 0 Å². The van der Waals surface area contributed by atoms with Gasteiger partial charge < -0.3 is 10.4 Å². The molecule has 0 bridgehead atoms. The number of rotatable bonds is 5. The Morgan fingerprint density at radius 1 is 1.80 bits per heavy atom. The van der Waals surface area contributed by atoms with Gasteiger partial charge in [-0.3, -0.25) is 4.79 Å². The van der Waals surface area contributed by atoms with Crippen molar-refractivity contribution in [3.8, 4) is 0 Å². The second kappa shape index (κ2) is 5.56. The minimum Gasteiger partial charge on any atom is -0.480 e. The van der Waals surface area contributed by atoms with Crippen LogP contribution < -0.4 is 5.32 Å². The Hall–Kier alpha value is -0.220. The third-order valence-electron chi connectivity index (χ3n) is 1.26. The molecular formula is C6H13NO2S. The lowest BCUT2D eigenvalue weighted by Gasteiger charge is -2.08. The molecule has 0 saturated heterocycles. The van der Waals surface area contributed by atoms with Crippen LogP contribution in [0.3, 0.4) is 0 Å². The van der Waals surface area contributed by atoms with Gasteiger partial charge in [0.15, 0.2) is 0 Å². The third kappa shape index (κ3) is 3.74. The predicted molar refractivity (Wildman–Crippen MR) is 43.5 cm³/mol. The van der Waals surface area contributed by atoms with Crippen molar-refractivity contribution in [1.29, 1.82) is 0 Å². The van der Waals surface area contributed by atoms with E-state index in [0.717, 1.165) is 5.75 Å². The standard InChI is InChI=1S/C6H13NO2S/c1-7-5(6(8)9)3-4-10-2/h5,7H,3-4H2,1-2H3,(H,8,9)/t5-/m0/s1/i5-1. The topological polar surface area (TPSA) is 49.3 Å². The van der Waals surface area contributed by atoms with E-state index in [1.54, 1.807) is 18.8 Å². The molecular weight excluding hydrogens is 149 g/mol. The van der Waals surface area contributed by atoms with Crippen molar-refractivity contribution >= 4 is 17.7 Å². The van der Waals surface area contributed by atoms with Gasteiger partial charge in [-0.2, -0.15) is 11.8 Å². The highest BCUT2D eigenvalue weighted by Crippen LogP contribution is 1.99. The lowest BCUT2D eigenvalue weighted by atomic mass is 9.72. The average molecular weight is 162 g/mol. The Morgan fingerprint density at radius 3 is 2.70 bits per heavy atom. The number of likely N-dealkylation sites (N-methyl/N-ethyl adjacent to an activating group) is 1. The van der Waals surface area contributed by atoms with Gasteiger partial charge in [-0.1, -0.05) is 0 Å². The van der Waals surface area contributed by atoms with Gasteiger partial charge in [0.25, 0.3) is 0 Å². The van der Waals surface area contributed by atoms with E-state index in [0.29, 0.717) is 6.42 Å². The third-order valence-corrected chi connectivity index (χ3v) is 1.90. The zero-order valence-electron chi connectivity index (χ0n) is 6.26. The van der Waals surface area contributed by atoms with E-state index in [1.165, 1.54) is 0 Å². The molecule has 0 aromatic heterocycles. The fourth-order valence-electron chi connectivity index (χ4n) is 0.627. The van der Waals surface area contributed by atoms with Gasteiger partial charge in [0, 0.05) is 0 Å². The zero-order valence-corrected chi connectivity index (χ0v) is 7.07. The van der Waals surface area contributed by atoms with E-state index in [4.69, 9.17) is 5.11 Å². The second-order valence-electron chi connectivity index (χ2n) is 1.96. The molecule has 0 saturated carbocycles. The highest BCUT2D eigenvalue weighted by molar-refractivity contribution is 7.98. The molecule has 0 aromatic rings. The van der Waals surface area contributed by atoms with Crippen molar-refractivity contribution in [2.24, 2.45) is 0 Å². The maximum absolute atomic E-state index is 10.4. The zero-order chi connectivity index (χ0) is 7.98. The number of carboxylic acid groups (broad SMARTS) is 1. The molecule has 0 aliphatic heterocycles. The Morgan fingerprint density at radius 2 is 2.40 bits per heavy atom. The summed E-state index contributed by atoms with van der Waals surface area (Å²) < 4.78 is 0. The molecule has 3 nitrogen and oxygen atoms in total. The van der Waals surface area contributed by atoms with E-state index >= 15 is 0 Å². The molecule has 0 spiro atoms. The second-order valence-corrected chi connectivity index (χ2v) is 2.95. The van der Waals surface area contributed by atoms with Gasteiger partial charge in [0.2, 0.25) is 0 Å². The van der Waals surface area contributed by atoms with Crippen LogP contribution in [0, 0.1) is 0 Å². The number of hydrogen-bond donors (Lipinski definition) is 2. The fourth-order valence-corrected chi connectivity index (χ4v) is 1.10. The van der Waals surface area contributed by atoms with Crippen molar-refractivity contribution in [1.82, 2.24) is 5.32 Å². The first-order chi connectivity index (χ1) is 4.72. The summed E-state index contributed by atoms with van der Waals surface area (Å²) in [5.41, 5.74) is 0. The molecule has 0 aliphatic rings. The molecule has 60 valence electrons. The monoisotopic (exact) mass is 162 g/mol.